The molecule has 4 aromatic rings. The monoisotopic (exact) mass is 542 g/mol. The number of aliphatic hydroxyl groups excluding tert-OH is 2. The lowest BCUT2D eigenvalue weighted by molar-refractivity contribution is -0.133. The third kappa shape index (κ3) is 5.15. The summed E-state index contributed by atoms with van der Waals surface area (Å²) in [5.74, 6) is 0.801. The minimum atomic E-state index is -0.995. The Balaban J connectivity index is 1.39. The number of hydrogen-bond acceptors (Lipinski definition) is 7. The summed E-state index contributed by atoms with van der Waals surface area (Å²) in [4.78, 5) is 26.3. The van der Waals surface area contributed by atoms with E-state index in [1.165, 1.54) is 5.56 Å². The van der Waals surface area contributed by atoms with Crippen molar-refractivity contribution in [1.82, 2.24) is 0 Å². The van der Waals surface area contributed by atoms with Gasteiger partial charge in [-0.1, -0.05) is 45.0 Å². The zero-order chi connectivity index (χ0) is 28.8. The van der Waals surface area contributed by atoms with Crippen LogP contribution in [-0.4, -0.2) is 41.3 Å². The van der Waals surface area contributed by atoms with E-state index in [1.807, 2.05) is 38.1 Å². The van der Waals surface area contributed by atoms with Crippen molar-refractivity contribution in [3.8, 4) is 11.5 Å². The minimum Gasteiger partial charge on any atom is -0.491 e. The second-order valence-electron chi connectivity index (χ2n) is 11.9. The van der Waals surface area contributed by atoms with Crippen LogP contribution in [-0.2, 0) is 22.0 Å². The predicted molar refractivity (Wildman–Crippen MR) is 151 cm³/mol. The number of esters is 1. The Labute approximate surface area is 233 Å². The Morgan fingerprint density at radius 2 is 1.70 bits per heavy atom. The van der Waals surface area contributed by atoms with Crippen molar-refractivity contribution >= 4 is 22.7 Å². The number of ketones is 1. The second-order valence-corrected chi connectivity index (χ2v) is 11.9. The highest BCUT2D eigenvalue weighted by atomic mass is 16.5. The molecule has 1 aliphatic carbocycles. The lowest BCUT2D eigenvalue weighted by Crippen LogP contribution is -2.29. The van der Waals surface area contributed by atoms with Crippen molar-refractivity contribution in [2.45, 2.75) is 58.0 Å². The molecule has 0 unspecified atom stereocenters. The van der Waals surface area contributed by atoms with E-state index in [-0.39, 0.29) is 30.2 Å². The van der Waals surface area contributed by atoms with Crippen molar-refractivity contribution in [1.29, 1.82) is 0 Å². The average Bonchev–Trinajstić information content (AvgIpc) is 3.30. The smallest absolute Gasteiger partial charge is 0.315 e. The first-order valence-corrected chi connectivity index (χ1v) is 13.4. The third-order valence-corrected chi connectivity index (χ3v) is 7.42. The van der Waals surface area contributed by atoms with Crippen LogP contribution >= 0.6 is 0 Å². The van der Waals surface area contributed by atoms with Crippen LogP contribution in [0.5, 0.6) is 11.5 Å². The van der Waals surface area contributed by atoms with Gasteiger partial charge in [0.2, 0.25) is 0 Å². The molecule has 0 aliphatic heterocycles. The molecule has 1 heterocycles. The fourth-order valence-corrected chi connectivity index (χ4v) is 5.09. The number of hydrogen-bond donors (Lipinski definition) is 2. The number of aliphatic hydroxyl groups is 2. The summed E-state index contributed by atoms with van der Waals surface area (Å²) in [5, 5.41) is 19.3. The quantitative estimate of drug-likeness (QED) is 0.235. The second kappa shape index (κ2) is 10.2. The van der Waals surface area contributed by atoms with Crippen molar-refractivity contribution in [3.05, 3.63) is 94.2 Å². The van der Waals surface area contributed by atoms with Gasteiger partial charge in [-0.3, -0.25) is 9.59 Å². The number of benzene rings is 3. The van der Waals surface area contributed by atoms with Gasteiger partial charge in [-0.05, 0) is 66.3 Å². The van der Waals surface area contributed by atoms with Crippen LogP contribution in [0.1, 0.15) is 73.0 Å². The topological polar surface area (TPSA) is 106 Å². The Bertz CT molecular complexity index is 1590. The van der Waals surface area contributed by atoms with Crippen molar-refractivity contribution in [2.24, 2.45) is 0 Å². The van der Waals surface area contributed by atoms with Crippen LogP contribution in [0.15, 0.2) is 65.1 Å². The first-order chi connectivity index (χ1) is 18.9. The van der Waals surface area contributed by atoms with E-state index in [0.29, 0.717) is 39.4 Å². The van der Waals surface area contributed by atoms with E-state index in [9.17, 15) is 14.7 Å². The molecule has 0 radical (unpaired) electrons. The van der Waals surface area contributed by atoms with E-state index >= 15 is 0 Å². The first-order valence-electron chi connectivity index (χ1n) is 13.4. The van der Waals surface area contributed by atoms with E-state index in [1.54, 1.807) is 36.4 Å². The standard InChI is InChI=1S/C33H34O7/c1-32(2,3)20-8-6-19(7-9-20)14-28(36)39-23-11-13-25-27(16-23)40-31-29(25)30(37)24-12-10-22(38-18-21(35)17-34)15-26(24)33(31,4)5/h6-13,15-16,21,34-35H,14,17-18H2,1-5H3/t21-/m1/s1. The number of fused-ring (bicyclic) bond motifs is 4. The largest absolute Gasteiger partial charge is 0.491 e. The highest BCUT2D eigenvalue weighted by Gasteiger charge is 2.41. The zero-order valence-corrected chi connectivity index (χ0v) is 23.4. The summed E-state index contributed by atoms with van der Waals surface area (Å²) < 4.78 is 17.5. The summed E-state index contributed by atoms with van der Waals surface area (Å²) in [5.41, 5.74) is 3.67. The molecule has 0 saturated carbocycles. The average molecular weight is 543 g/mol. The molecule has 0 fully saturated rings. The fraction of sp³-hybridized carbons (Fsp3) is 0.333. The summed E-state index contributed by atoms with van der Waals surface area (Å²) in [7, 11) is 0. The van der Waals surface area contributed by atoms with Crippen LogP contribution in [0.25, 0.3) is 11.0 Å². The molecule has 0 bridgehead atoms. The van der Waals surface area contributed by atoms with E-state index in [2.05, 4.69) is 20.8 Å². The van der Waals surface area contributed by atoms with Gasteiger partial charge in [-0.2, -0.15) is 0 Å². The molecule has 2 N–H and O–H groups in total. The Kier molecular flexibility index (Phi) is 7.06. The van der Waals surface area contributed by atoms with Crippen molar-refractivity contribution in [2.75, 3.05) is 13.2 Å². The lowest BCUT2D eigenvalue weighted by Gasteiger charge is -2.31. The molecule has 7 nitrogen and oxygen atoms in total. The Morgan fingerprint density at radius 1 is 1.00 bits per heavy atom. The van der Waals surface area contributed by atoms with Gasteiger partial charge in [0, 0.05) is 22.4 Å². The van der Waals surface area contributed by atoms with Gasteiger partial charge < -0.3 is 24.1 Å². The molecular weight excluding hydrogens is 508 g/mol. The van der Waals surface area contributed by atoms with Gasteiger partial charge in [0.05, 0.1) is 18.6 Å². The van der Waals surface area contributed by atoms with E-state index in [0.717, 1.165) is 11.1 Å². The Hall–Kier alpha value is -3.94. The highest BCUT2D eigenvalue weighted by molar-refractivity contribution is 6.19. The SMILES string of the molecule is CC(C)(C)c1ccc(CC(=O)Oc2ccc3c4c(oc3c2)C(C)(C)c2cc(OC[C@H](O)CO)ccc2C4=O)cc1. The molecule has 208 valence electrons. The molecule has 0 saturated heterocycles. The molecule has 40 heavy (non-hydrogen) atoms. The number of carbonyl (C=O) groups excluding carboxylic acids is 2. The minimum absolute atomic E-state index is 0.0356. The maximum absolute atomic E-state index is 13.6. The lowest BCUT2D eigenvalue weighted by atomic mass is 9.71. The molecule has 0 amide bonds. The van der Waals surface area contributed by atoms with Gasteiger partial charge in [0.15, 0.2) is 5.78 Å². The van der Waals surface area contributed by atoms with E-state index < -0.39 is 18.1 Å². The summed E-state index contributed by atoms with van der Waals surface area (Å²) in [6.45, 7) is 9.90. The van der Waals surface area contributed by atoms with Gasteiger partial charge >= 0.3 is 5.97 Å². The fourth-order valence-electron chi connectivity index (χ4n) is 5.09. The van der Waals surface area contributed by atoms with E-state index in [4.69, 9.17) is 19.0 Å². The van der Waals surface area contributed by atoms with Gasteiger partial charge in [-0.15, -0.1) is 0 Å². The summed E-state index contributed by atoms with van der Waals surface area (Å²) in [6.07, 6.45) is -0.859. The van der Waals surface area contributed by atoms with Crippen LogP contribution in [0.4, 0.5) is 0 Å². The van der Waals surface area contributed by atoms with Gasteiger partial charge in [0.25, 0.3) is 0 Å². The maximum atomic E-state index is 13.6. The highest BCUT2D eigenvalue weighted by Crippen LogP contribution is 2.46. The number of carbonyl (C=O) groups is 2. The zero-order valence-electron chi connectivity index (χ0n) is 23.4. The Morgan fingerprint density at radius 3 is 2.38 bits per heavy atom. The number of furan rings is 1. The number of ether oxygens (including phenoxy) is 2. The third-order valence-electron chi connectivity index (χ3n) is 7.42. The molecule has 3 aromatic carbocycles. The molecular formula is C33H34O7. The molecule has 7 heteroatoms. The first kappa shape index (κ1) is 27.6. The molecule has 1 atom stereocenters. The van der Waals surface area contributed by atoms with Crippen LogP contribution in [0.3, 0.4) is 0 Å². The number of rotatable bonds is 7. The summed E-state index contributed by atoms with van der Waals surface area (Å²) >= 11 is 0. The van der Waals surface area contributed by atoms with Crippen molar-refractivity contribution in [3.63, 3.8) is 0 Å². The molecule has 5 rings (SSSR count). The predicted octanol–water partition coefficient (Wildman–Crippen LogP) is 5.48. The molecule has 1 aromatic heterocycles. The normalized spacial score (nSPS) is 14.9. The van der Waals surface area contributed by atoms with Crippen LogP contribution in [0.2, 0.25) is 0 Å². The van der Waals surface area contributed by atoms with Gasteiger partial charge in [-0.25, -0.2) is 0 Å². The van der Waals surface area contributed by atoms with Gasteiger partial charge in [0.1, 0.15) is 35.6 Å². The van der Waals surface area contributed by atoms with Crippen molar-refractivity contribution < 1.29 is 33.7 Å². The maximum Gasteiger partial charge on any atom is 0.315 e. The van der Waals surface area contributed by atoms with Crippen LogP contribution in [0, 0.1) is 0 Å². The molecule has 1 aliphatic rings. The summed E-state index contributed by atoms with van der Waals surface area (Å²) in [6, 6.07) is 18.2. The molecule has 0 spiro atoms. The van der Waals surface area contributed by atoms with Crippen LogP contribution < -0.4 is 9.47 Å².